The lowest BCUT2D eigenvalue weighted by Gasteiger charge is -2.09. The van der Waals surface area contributed by atoms with Crippen LogP contribution in [0.2, 0.25) is 0 Å². The molecular weight excluding hydrogens is 260 g/mol. The molecule has 0 aliphatic rings. The summed E-state index contributed by atoms with van der Waals surface area (Å²) in [5.74, 6) is 0.684. The Kier molecular flexibility index (Phi) is 4.05. The van der Waals surface area contributed by atoms with Crippen LogP contribution in [0, 0.1) is 10.1 Å². The molecule has 104 valence electrons. The minimum Gasteiger partial charge on any atom is -0.507 e. The fourth-order valence-electron chi connectivity index (χ4n) is 1.75. The van der Waals surface area contributed by atoms with Crippen molar-refractivity contribution in [3.05, 3.63) is 58.1 Å². The van der Waals surface area contributed by atoms with E-state index >= 15 is 0 Å². The highest BCUT2D eigenvalue weighted by Gasteiger charge is 2.07. The van der Waals surface area contributed by atoms with E-state index in [1.807, 2.05) is 0 Å². The number of rotatable bonds is 5. The fourth-order valence-corrected chi connectivity index (χ4v) is 1.75. The van der Waals surface area contributed by atoms with Gasteiger partial charge >= 0.3 is 0 Å². The molecule has 0 atom stereocenters. The van der Waals surface area contributed by atoms with Gasteiger partial charge in [0.25, 0.3) is 5.69 Å². The molecule has 0 aliphatic heterocycles. The maximum Gasteiger partial charge on any atom is 0.271 e. The van der Waals surface area contributed by atoms with E-state index in [1.165, 1.54) is 25.3 Å². The zero-order valence-electron chi connectivity index (χ0n) is 10.9. The number of nitrogens with one attached hydrogen (secondary N) is 1. The van der Waals surface area contributed by atoms with Crippen molar-refractivity contribution >= 4 is 11.4 Å². The van der Waals surface area contributed by atoms with Crippen LogP contribution < -0.4 is 10.1 Å². The number of phenolic OH excluding ortho intramolecular Hbond substituents is 1. The summed E-state index contributed by atoms with van der Waals surface area (Å²) in [6, 6.07) is 11.2. The Morgan fingerprint density at radius 2 is 2.10 bits per heavy atom. The molecule has 6 heteroatoms. The lowest BCUT2D eigenvalue weighted by atomic mass is 10.2. The van der Waals surface area contributed by atoms with E-state index in [-0.39, 0.29) is 11.4 Å². The largest absolute Gasteiger partial charge is 0.507 e. The SMILES string of the molecule is COc1ccc(CNc2cccc([N+](=O)[O-])c2)c(O)c1. The zero-order valence-corrected chi connectivity index (χ0v) is 10.9. The third kappa shape index (κ3) is 3.17. The van der Waals surface area contributed by atoms with E-state index in [2.05, 4.69) is 5.32 Å². The van der Waals surface area contributed by atoms with Gasteiger partial charge < -0.3 is 15.2 Å². The van der Waals surface area contributed by atoms with E-state index in [4.69, 9.17) is 4.74 Å². The second kappa shape index (κ2) is 5.92. The molecule has 0 radical (unpaired) electrons. The molecule has 0 heterocycles. The van der Waals surface area contributed by atoms with Gasteiger partial charge in [0.2, 0.25) is 0 Å². The molecule has 0 spiro atoms. The van der Waals surface area contributed by atoms with E-state index < -0.39 is 4.92 Å². The van der Waals surface area contributed by atoms with E-state index in [0.717, 1.165) is 0 Å². The monoisotopic (exact) mass is 274 g/mol. The quantitative estimate of drug-likeness (QED) is 0.646. The number of nitrogens with zero attached hydrogens (tertiary/aromatic N) is 1. The van der Waals surface area contributed by atoms with Crippen LogP contribution in [0.15, 0.2) is 42.5 Å². The summed E-state index contributed by atoms with van der Waals surface area (Å²) in [7, 11) is 1.52. The number of ether oxygens (including phenoxy) is 1. The first-order valence-corrected chi connectivity index (χ1v) is 5.94. The van der Waals surface area contributed by atoms with Gasteiger partial charge in [-0.25, -0.2) is 0 Å². The number of benzene rings is 2. The van der Waals surface area contributed by atoms with Gasteiger partial charge in [0.05, 0.1) is 12.0 Å². The molecule has 2 rings (SSSR count). The van der Waals surface area contributed by atoms with Gasteiger partial charge in [0.15, 0.2) is 0 Å². The fraction of sp³-hybridized carbons (Fsp3) is 0.143. The predicted molar refractivity (Wildman–Crippen MR) is 75.1 cm³/mol. The summed E-state index contributed by atoms with van der Waals surface area (Å²) in [6.45, 7) is 0.358. The van der Waals surface area contributed by atoms with Crippen molar-refractivity contribution in [3.63, 3.8) is 0 Å². The van der Waals surface area contributed by atoms with Gasteiger partial charge in [-0.05, 0) is 18.2 Å². The van der Waals surface area contributed by atoms with Crippen LogP contribution in [-0.2, 0) is 6.54 Å². The van der Waals surface area contributed by atoms with Gasteiger partial charge in [0.1, 0.15) is 11.5 Å². The Balaban J connectivity index is 2.09. The third-order valence-electron chi connectivity index (χ3n) is 2.83. The molecule has 0 amide bonds. The van der Waals surface area contributed by atoms with Gasteiger partial charge in [0, 0.05) is 36.0 Å². The number of phenols is 1. The Labute approximate surface area is 115 Å². The van der Waals surface area contributed by atoms with Crippen molar-refractivity contribution in [1.29, 1.82) is 0 Å². The number of nitro groups is 1. The van der Waals surface area contributed by atoms with Crippen LogP contribution in [0.1, 0.15) is 5.56 Å². The van der Waals surface area contributed by atoms with Crippen molar-refractivity contribution in [3.8, 4) is 11.5 Å². The molecule has 20 heavy (non-hydrogen) atoms. The van der Waals surface area contributed by atoms with Crippen molar-refractivity contribution < 1.29 is 14.8 Å². The molecule has 0 aliphatic carbocycles. The number of anilines is 1. The van der Waals surface area contributed by atoms with E-state index in [0.29, 0.717) is 23.5 Å². The minimum atomic E-state index is -0.448. The van der Waals surface area contributed by atoms with E-state index in [9.17, 15) is 15.2 Å². The molecule has 0 saturated carbocycles. The smallest absolute Gasteiger partial charge is 0.271 e. The number of hydrogen-bond acceptors (Lipinski definition) is 5. The van der Waals surface area contributed by atoms with Gasteiger partial charge in [-0.15, -0.1) is 0 Å². The Morgan fingerprint density at radius 1 is 1.30 bits per heavy atom. The Morgan fingerprint density at radius 3 is 2.75 bits per heavy atom. The summed E-state index contributed by atoms with van der Waals surface area (Å²) >= 11 is 0. The first kappa shape index (κ1) is 13.7. The van der Waals surface area contributed by atoms with Crippen molar-refractivity contribution in [1.82, 2.24) is 0 Å². The molecule has 2 N–H and O–H groups in total. The van der Waals surface area contributed by atoms with Crippen molar-refractivity contribution in [2.24, 2.45) is 0 Å². The standard InChI is InChI=1S/C14H14N2O4/c1-20-13-6-5-10(14(17)8-13)9-15-11-3-2-4-12(7-11)16(18)19/h2-8,15,17H,9H2,1H3. The number of non-ortho nitro benzene ring substituents is 1. The number of methoxy groups -OCH3 is 1. The van der Waals surface area contributed by atoms with Crippen molar-refractivity contribution in [2.45, 2.75) is 6.54 Å². The number of nitro benzene ring substituents is 1. The first-order chi connectivity index (χ1) is 9.60. The van der Waals surface area contributed by atoms with Gasteiger partial charge in [-0.3, -0.25) is 10.1 Å². The lowest BCUT2D eigenvalue weighted by Crippen LogP contribution is -2.00. The van der Waals surface area contributed by atoms with Crippen LogP contribution in [0.5, 0.6) is 11.5 Å². The topological polar surface area (TPSA) is 84.6 Å². The van der Waals surface area contributed by atoms with E-state index in [1.54, 1.807) is 24.3 Å². The van der Waals surface area contributed by atoms with Crippen LogP contribution >= 0.6 is 0 Å². The zero-order chi connectivity index (χ0) is 14.5. The second-order valence-corrected chi connectivity index (χ2v) is 4.16. The lowest BCUT2D eigenvalue weighted by molar-refractivity contribution is -0.384. The molecule has 0 saturated heterocycles. The summed E-state index contributed by atoms with van der Waals surface area (Å²) in [5.41, 5.74) is 1.32. The average molecular weight is 274 g/mol. The molecule has 0 aromatic heterocycles. The highest BCUT2D eigenvalue weighted by atomic mass is 16.6. The first-order valence-electron chi connectivity index (χ1n) is 5.94. The molecule has 2 aromatic carbocycles. The summed E-state index contributed by atoms with van der Waals surface area (Å²) in [4.78, 5) is 10.2. The highest BCUT2D eigenvalue weighted by molar-refractivity contribution is 5.52. The van der Waals surface area contributed by atoms with Crippen LogP contribution in [0.4, 0.5) is 11.4 Å². The molecule has 2 aromatic rings. The van der Waals surface area contributed by atoms with Crippen LogP contribution in [0.25, 0.3) is 0 Å². The molecule has 0 bridgehead atoms. The highest BCUT2D eigenvalue weighted by Crippen LogP contribution is 2.25. The Bertz CT molecular complexity index is 628. The minimum absolute atomic E-state index is 0.0222. The normalized spacial score (nSPS) is 10.1. The van der Waals surface area contributed by atoms with Crippen LogP contribution in [0.3, 0.4) is 0 Å². The number of aromatic hydroxyl groups is 1. The summed E-state index contributed by atoms with van der Waals surface area (Å²) < 4.78 is 5.00. The average Bonchev–Trinajstić information content (AvgIpc) is 2.46. The van der Waals surface area contributed by atoms with Gasteiger partial charge in [-0.1, -0.05) is 6.07 Å². The third-order valence-corrected chi connectivity index (χ3v) is 2.83. The maximum absolute atomic E-state index is 10.7. The van der Waals surface area contributed by atoms with Gasteiger partial charge in [-0.2, -0.15) is 0 Å². The molecular formula is C14H14N2O4. The summed E-state index contributed by atoms with van der Waals surface area (Å²) in [5, 5.41) is 23.5. The predicted octanol–water partition coefficient (Wildman–Crippen LogP) is 2.92. The van der Waals surface area contributed by atoms with Crippen LogP contribution in [-0.4, -0.2) is 17.1 Å². The number of hydrogen-bond donors (Lipinski definition) is 2. The molecule has 6 nitrogen and oxygen atoms in total. The molecule has 0 unspecified atom stereocenters. The van der Waals surface area contributed by atoms with Crippen molar-refractivity contribution in [2.75, 3.05) is 12.4 Å². The summed E-state index contributed by atoms with van der Waals surface area (Å²) in [6.07, 6.45) is 0. The second-order valence-electron chi connectivity index (χ2n) is 4.16. The molecule has 0 fully saturated rings. The Hall–Kier alpha value is -2.76. The maximum atomic E-state index is 10.7.